The first-order valence-corrected chi connectivity index (χ1v) is 4.30. The summed E-state index contributed by atoms with van der Waals surface area (Å²) in [5, 5.41) is 8.79. The van der Waals surface area contributed by atoms with Gasteiger partial charge >= 0.3 is 5.97 Å². The molecule has 0 aliphatic rings. The van der Waals surface area contributed by atoms with Gasteiger partial charge in [0.25, 0.3) is 0 Å². The second-order valence-electron chi connectivity index (χ2n) is 3.19. The van der Waals surface area contributed by atoms with Crippen molar-refractivity contribution in [2.45, 2.75) is 20.0 Å². The van der Waals surface area contributed by atoms with Crippen LogP contribution >= 0.6 is 0 Å². The number of para-hydroxylation sites is 1. The number of aromatic carboxylic acids is 1. The van der Waals surface area contributed by atoms with Crippen molar-refractivity contribution in [1.82, 2.24) is 0 Å². The van der Waals surface area contributed by atoms with Gasteiger partial charge in [-0.15, -0.1) is 0 Å². The molecular formula is C10H13NO3. The highest BCUT2D eigenvalue weighted by molar-refractivity contribution is 5.95. The second kappa shape index (κ2) is 4.00. The first-order valence-electron chi connectivity index (χ1n) is 4.30. The van der Waals surface area contributed by atoms with Crippen molar-refractivity contribution in [1.29, 1.82) is 0 Å². The summed E-state index contributed by atoms with van der Waals surface area (Å²) >= 11 is 0. The van der Waals surface area contributed by atoms with E-state index in [0.717, 1.165) is 0 Å². The standard InChI is InChI=1S/C10H13NO3/c1-6(2)14-8-5-3-4-7(9(8)11)10(12)13/h3-6H,11H2,1-2H3,(H,12,13). The molecule has 76 valence electrons. The van der Waals surface area contributed by atoms with Crippen LogP contribution in [-0.4, -0.2) is 17.2 Å². The maximum absolute atomic E-state index is 10.7. The first kappa shape index (κ1) is 10.4. The zero-order chi connectivity index (χ0) is 10.7. The molecule has 0 aromatic heterocycles. The number of carboxylic acids is 1. The fourth-order valence-electron chi connectivity index (χ4n) is 1.09. The van der Waals surface area contributed by atoms with E-state index in [4.69, 9.17) is 15.6 Å². The number of hydrogen-bond acceptors (Lipinski definition) is 3. The minimum Gasteiger partial charge on any atom is -0.489 e. The van der Waals surface area contributed by atoms with Crippen LogP contribution in [0.4, 0.5) is 5.69 Å². The smallest absolute Gasteiger partial charge is 0.337 e. The van der Waals surface area contributed by atoms with Gasteiger partial charge in [-0.05, 0) is 26.0 Å². The van der Waals surface area contributed by atoms with Gasteiger partial charge in [-0.1, -0.05) is 6.07 Å². The summed E-state index contributed by atoms with van der Waals surface area (Å²) in [7, 11) is 0. The van der Waals surface area contributed by atoms with Crippen LogP contribution in [0.2, 0.25) is 0 Å². The molecule has 3 N–H and O–H groups in total. The molecule has 0 spiro atoms. The predicted molar refractivity (Wildman–Crippen MR) is 53.6 cm³/mol. The van der Waals surface area contributed by atoms with Gasteiger partial charge in [-0.3, -0.25) is 0 Å². The summed E-state index contributed by atoms with van der Waals surface area (Å²) in [4.78, 5) is 10.7. The highest BCUT2D eigenvalue weighted by atomic mass is 16.5. The van der Waals surface area contributed by atoms with Crippen molar-refractivity contribution in [3.8, 4) is 5.75 Å². The van der Waals surface area contributed by atoms with E-state index < -0.39 is 5.97 Å². The number of nitrogen functional groups attached to an aromatic ring is 1. The molecule has 1 rings (SSSR count). The van der Waals surface area contributed by atoms with Crippen molar-refractivity contribution in [3.63, 3.8) is 0 Å². The highest BCUT2D eigenvalue weighted by Gasteiger charge is 2.12. The SMILES string of the molecule is CC(C)Oc1cccc(C(=O)O)c1N. The van der Waals surface area contributed by atoms with E-state index in [2.05, 4.69) is 0 Å². The molecule has 4 heteroatoms. The Kier molecular flexibility index (Phi) is 2.96. The number of ether oxygens (including phenoxy) is 1. The Morgan fingerprint density at radius 1 is 1.50 bits per heavy atom. The highest BCUT2D eigenvalue weighted by Crippen LogP contribution is 2.25. The van der Waals surface area contributed by atoms with Crippen LogP contribution in [0, 0.1) is 0 Å². The quantitative estimate of drug-likeness (QED) is 0.721. The summed E-state index contributed by atoms with van der Waals surface area (Å²) in [6.45, 7) is 3.71. The molecule has 4 nitrogen and oxygen atoms in total. The second-order valence-corrected chi connectivity index (χ2v) is 3.19. The molecule has 0 aliphatic heterocycles. The molecule has 0 atom stereocenters. The third-order valence-corrected chi connectivity index (χ3v) is 1.66. The minimum absolute atomic E-state index is 0.0265. The molecular weight excluding hydrogens is 182 g/mol. The van der Waals surface area contributed by atoms with Crippen molar-refractivity contribution < 1.29 is 14.6 Å². The molecule has 0 heterocycles. The summed E-state index contributed by atoms with van der Waals surface area (Å²) < 4.78 is 5.35. The van der Waals surface area contributed by atoms with E-state index in [1.54, 1.807) is 12.1 Å². The predicted octanol–water partition coefficient (Wildman–Crippen LogP) is 1.75. The van der Waals surface area contributed by atoms with Crippen LogP contribution < -0.4 is 10.5 Å². The lowest BCUT2D eigenvalue weighted by atomic mass is 10.1. The maximum Gasteiger partial charge on any atom is 0.337 e. The number of carbonyl (C=O) groups is 1. The van der Waals surface area contributed by atoms with Crippen molar-refractivity contribution in [2.75, 3.05) is 5.73 Å². The number of rotatable bonds is 3. The number of carboxylic acid groups (broad SMARTS) is 1. The molecule has 0 bridgehead atoms. The molecule has 0 saturated carbocycles. The average Bonchev–Trinajstić information content (AvgIpc) is 2.07. The van der Waals surface area contributed by atoms with Gasteiger partial charge < -0.3 is 15.6 Å². The molecule has 0 aliphatic carbocycles. The lowest BCUT2D eigenvalue weighted by molar-refractivity contribution is 0.0697. The zero-order valence-corrected chi connectivity index (χ0v) is 8.15. The fourth-order valence-corrected chi connectivity index (χ4v) is 1.09. The summed E-state index contributed by atoms with van der Waals surface area (Å²) in [5.41, 5.74) is 5.87. The molecule has 0 saturated heterocycles. The van der Waals surface area contributed by atoms with Crippen molar-refractivity contribution >= 4 is 11.7 Å². The van der Waals surface area contributed by atoms with Gasteiger partial charge in [0.2, 0.25) is 0 Å². The first-order chi connectivity index (χ1) is 6.52. The molecule has 0 radical (unpaired) electrons. The molecule has 14 heavy (non-hydrogen) atoms. The van der Waals surface area contributed by atoms with Gasteiger partial charge in [0, 0.05) is 0 Å². The van der Waals surface area contributed by atoms with E-state index in [9.17, 15) is 4.79 Å². The van der Waals surface area contributed by atoms with Crippen LogP contribution in [0.25, 0.3) is 0 Å². The van der Waals surface area contributed by atoms with Gasteiger partial charge in [0.1, 0.15) is 5.75 Å². The minimum atomic E-state index is -1.04. The molecule has 1 aromatic carbocycles. The number of benzene rings is 1. The van der Waals surface area contributed by atoms with E-state index in [1.807, 2.05) is 13.8 Å². The summed E-state index contributed by atoms with van der Waals surface area (Å²) in [6, 6.07) is 4.71. The van der Waals surface area contributed by atoms with Crippen LogP contribution in [0.1, 0.15) is 24.2 Å². The maximum atomic E-state index is 10.7. The van der Waals surface area contributed by atoms with Crippen molar-refractivity contribution in [3.05, 3.63) is 23.8 Å². The Balaban J connectivity index is 3.07. The van der Waals surface area contributed by atoms with Gasteiger partial charge in [-0.25, -0.2) is 4.79 Å². The molecule has 0 unspecified atom stereocenters. The Morgan fingerprint density at radius 3 is 2.64 bits per heavy atom. The number of nitrogens with two attached hydrogens (primary N) is 1. The van der Waals surface area contributed by atoms with E-state index >= 15 is 0 Å². The van der Waals surface area contributed by atoms with E-state index in [0.29, 0.717) is 5.75 Å². The zero-order valence-electron chi connectivity index (χ0n) is 8.15. The Morgan fingerprint density at radius 2 is 2.14 bits per heavy atom. The summed E-state index contributed by atoms with van der Waals surface area (Å²) in [6.07, 6.45) is -0.0265. The third kappa shape index (κ3) is 2.16. The Hall–Kier alpha value is -1.71. The lowest BCUT2D eigenvalue weighted by Gasteiger charge is -2.12. The van der Waals surface area contributed by atoms with Gasteiger partial charge in [0.05, 0.1) is 17.4 Å². The summed E-state index contributed by atoms with van der Waals surface area (Å²) in [5.74, 6) is -0.628. The van der Waals surface area contributed by atoms with Crippen molar-refractivity contribution in [2.24, 2.45) is 0 Å². The Bertz CT molecular complexity index is 347. The van der Waals surface area contributed by atoms with Crippen LogP contribution in [0.15, 0.2) is 18.2 Å². The number of hydrogen-bond donors (Lipinski definition) is 2. The molecule has 0 amide bonds. The number of anilines is 1. The van der Waals surface area contributed by atoms with Crippen LogP contribution in [-0.2, 0) is 0 Å². The molecule has 0 fully saturated rings. The van der Waals surface area contributed by atoms with Crippen LogP contribution in [0.3, 0.4) is 0 Å². The van der Waals surface area contributed by atoms with E-state index in [1.165, 1.54) is 6.07 Å². The normalized spacial score (nSPS) is 10.2. The molecule has 1 aromatic rings. The average molecular weight is 195 g/mol. The fraction of sp³-hybridized carbons (Fsp3) is 0.300. The van der Waals surface area contributed by atoms with Crippen LogP contribution in [0.5, 0.6) is 5.75 Å². The topological polar surface area (TPSA) is 72.5 Å². The third-order valence-electron chi connectivity index (χ3n) is 1.66. The Labute approximate surface area is 82.3 Å². The lowest BCUT2D eigenvalue weighted by Crippen LogP contribution is -2.10. The van der Waals surface area contributed by atoms with Gasteiger partial charge in [0.15, 0.2) is 0 Å². The monoisotopic (exact) mass is 195 g/mol. The largest absolute Gasteiger partial charge is 0.489 e. The van der Waals surface area contributed by atoms with Gasteiger partial charge in [-0.2, -0.15) is 0 Å². The van der Waals surface area contributed by atoms with E-state index in [-0.39, 0.29) is 17.4 Å².